The van der Waals surface area contributed by atoms with E-state index in [2.05, 4.69) is 15.6 Å². The number of hydrogen-bond donors (Lipinski definition) is 4. The molecule has 120 valence electrons. The molecule has 0 bridgehead atoms. The van der Waals surface area contributed by atoms with E-state index in [1.165, 1.54) is 5.06 Å². The number of anilines is 1. The van der Waals surface area contributed by atoms with E-state index >= 15 is 0 Å². The van der Waals surface area contributed by atoms with Crippen molar-refractivity contribution in [3.63, 3.8) is 0 Å². The molecule has 1 aliphatic heterocycles. The molecule has 1 aliphatic rings. The number of aliphatic imine (C=N–C) groups is 1. The number of carbonyl (C=O) groups is 1. The third-order valence-electron chi connectivity index (χ3n) is 2.96. The number of hydrogen-bond acceptors (Lipinski definition) is 7. The third-order valence-corrected chi connectivity index (χ3v) is 3.21. The van der Waals surface area contributed by atoms with E-state index in [4.69, 9.17) is 27.9 Å². The lowest BCUT2D eigenvalue weighted by Crippen LogP contribution is -2.67. The number of halogens is 1. The molecule has 0 saturated carbocycles. The molecule has 0 aliphatic carbocycles. The molecule has 1 aromatic rings. The van der Waals surface area contributed by atoms with Gasteiger partial charge in [-0.3, -0.25) is 15.4 Å². The Balaban J connectivity index is 1.91. The molecular formula is C13H19ClN6O2. The van der Waals surface area contributed by atoms with Gasteiger partial charge in [-0.1, -0.05) is 11.6 Å². The Kier molecular flexibility index (Phi) is 4.87. The standard InChI is InChI=1S/C13H19ClN6O2/c1-13(2)19-11(15)18-12(16)20(13)22-7-10(21)17-9-5-3-8(14)4-6-9/h3-6,12H,7,16H2,1-2H3,(H,17,21)(H3,15,18,19). The third kappa shape index (κ3) is 4.08. The summed E-state index contributed by atoms with van der Waals surface area (Å²) in [7, 11) is 0. The highest BCUT2D eigenvalue weighted by atomic mass is 35.5. The van der Waals surface area contributed by atoms with Gasteiger partial charge in [-0.15, -0.1) is 5.06 Å². The molecule has 8 nitrogen and oxygen atoms in total. The molecule has 0 aromatic heterocycles. The molecule has 1 atom stereocenters. The van der Waals surface area contributed by atoms with Crippen LogP contribution < -0.4 is 22.1 Å². The normalized spacial score (nSPS) is 20.9. The first-order valence-corrected chi connectivity index (χ1v) is 7.00. The number of carbonyl (C=O) groups excluding carboxylic acids is 1. The predicted octanol–water partition coefficient (Wildman–Crippen LogP) is 0.408. The first kappa shape index (κ1) is 16.5. The van der Waals surface area contributed by atoms with E-state index in [0.29, 0.717) is 10.7 Å². The molecule has 0 fully saturated rings. The van der Waals surface area contributed by atoms with Gasteiger partial charge in [0.15, 0.2) is 12.2 Å². The second kappa shape index (κ2) is 6.49. The zero-order chi connectivity index (χ0) is 16.3. The fourth-order valence-corrected chi connectivity index (χ4v) is 2.15. The Hall–Kier alpha value is -1.87. The van der Waals surface area contributed by atoms with E-state index in [-0.39, 0.29) is 18.5 Å². The Morgan fingerprint density at radius 2 is 2.14 bits per heavy atom. The highest BCUT2D eigenvalue weighted by Gasteiger charge is 2.36. The number of nitrogens with zero attached hydrogens (tertiary/aromatic N) is 2. The van der Waals surface area contributed by atoms with Gasteiger partial charge < -0.3 is 16.4 Å². The fourth-order valence-electron chi connectivity index (χ4n) is 2.02. The van der Waals surface area contributed by atoms with E-state index < -0.39 is 12.0 Å². The number of hydroxylamine groups is 2. The number of nitrogens with one attached hydrogen (secondary N) is 2. The van der Waals surface area contributed by atoms with Crippen molar-refractivity contribution in [3.05, 3.63) is 29.3 Å². The van der Waals surface area contributed by atoms with Crippen LogP contribution in [0.3, 0.4) is 0 Å². The number of amides is 1. The number of rotatable bonds is 4. The Morgan fingerprint density at radius 1 is 1.50 bits per heavy atom. The highest BCUT2D eigenvalue weighted by Crippen LogP contribution is 2.18. The van der Waals surface area contributed by atoms with Gasteiger partial charge in [0.05, 0.1) is 0 Å². The molecule has 0 saturated heterocycles. The Labute approximate surface area is 133 Å². The monoisotopic (exact) mass is 326 g/mol. The van der Waals surface area contributed by atoms with Gasteiger partial charge in [0.25, 0.3) is 5.91 Å². The summed E-state index contributed by atoms with van der Waals surface area (Å²) in [5.74, 6) is -0.101. The van der Waals surface area contributed by atoms with E-state index in [1.54, 1.807) is 24.3 Å². The summed E-state index contributed by atoms with van der Waals surface area (Å²) in [6, 6.07) is 6.76. The van der Waals surface area contributed by atoms with Crippen LogP contribution in [0.1, 0.15) is 13.8 Å². The molecule has 1 aromatic carbocycles. The van der Waals surface area contributed by atoms with Gasteiger partial charge in [-0.2, -0.15) is 0 Å². The average Bonchev–Trinajstić information content (AvgIpc) is 2.39. The van der Waals surface area contributed by atoms with Crippen molar-refractivity contribution in [2.75, 3.05) is 11.9 Å². The lowest BCUT2D eigenvalue weighted by atomic mass is 10.2. The van der Waals surface area contributed by atoms with Crippen molar-refractivity contribution < 1.29 is 9.63 Å². The van der Waals surface area contributed by atoms with Crippen LogP contribution in [0.4, 0.5) is 5.69 Å². The minimum atomic E-state index is -0.792. The maximum atomic E-state index is 11.9. The summed E-state index contributed by atoms with van der Waals surface area (Å²) in [4.78, 5) is 21.3. The van der Waals surface area contributed by atoms with Crippen molar-refractivity contribution >= 4 is 29.2 Å². The smallest absolute Gasteiger partial charge is 0.252 e. The maximum absolute atomic E-state index is 11.9. The predicted molar refractivity (Wildman–Crippen MR) is 84.7 cm³/mol. The van der Waals surface area contributed by atoms with Crippen LogP contribution in [-0.4, -0.2) is 35.5 Å². The van der Waals surface area contributed by atoms with Crippen LogP contribution in [-0.2, 0) is 9.63 Å². The lowest BCUT2D eigenvalue weighted by Gasteiger charge is -2.42. The van der Waals surface area contributed by atoms with Crippen LogP contribution in [0.2, 0.25) is 5.02 Å². The topological polar surface area (TPSA) is 118 Å². The summed E-state index contributed by atoms with van der Waals surface area (Å²) in [5, 5.41) is 7.58. The molecule has 1 heterocycles. The highest BCUT2D eigenvalue weighted by molar-refractivity contribution is 6.30. The van der Waals surface area contributed by atoms with E-state index in [1.807, 2.05) is 13.8 Å². The molecule has 2 rings (SSSR count). The van der Waals surface area contributed by atoms with Gasteiger partial charge in [0.2, 0.25) is 0 Å². The minimum absolute atomic E-state index is 0.211. The average molecular weight is 327 g/mol. The second-order valence-corrected chi connectivity index (χ2v) is 5.70. The molecule has 1 unspecified atom stereocenters. The minimum Gasteiger partial charge on any atom is -0.370 e. The van der Waals surface area contributed by atoms with Gasteiger partial charge in [-0.05, 0) is 38.1 Å². The van der Waals surface area contributed by atoms with E-state index in [0.717, 1.165) is 0 Å². The fraction of sp³-hybridized carbons (Fsp3) is 0.385. The first-order valence-electron chi connectivity index (χ1n) is 6.62. The number of guanidine groups is 1. The Bertz CT molecular complexity index is 574. The summed E-state index contributed by atoms with van der Waals surface area (Å²) < 4.78 is 0. The molecule has 22 heavy (non-hydrogen) atoms. The molecule has 9 heteroatoms. The largest absolute Gasteiger partial charge is 0.370 e. The van der Waals surface area contributed by atoms with Gasteiger partial charge in [0.1, 0.15) is 12.3 Å². The van der Waals surface area contributed by atoms with Crippen molar-refractivity contribution in [2.24, 2.45) is 16.5 Å². The maximum Gasteiger partial charge on any atom is 0.252 e. The van der Waals surface area contributed by atoms with Crippen LogP contribution >= 0.6 is 11.6 Å². The zero-order valence-electron chi connectivity index (χ0n) is 12.3. The number of benzene rings is 1. The second-order valence-electron chi connectivity index (χ2n) is 5.27. The van der Waals surface area contributed by atoms with Gasteiger partial charge >= 0.3 is 0 Å². The lowest BCUT2D eigenvalue weighted by molar-refractivity contribution is -0.242. The first-order chi connectivity index (χ1) is 10.3. The zero-order valence-corrected chi connectivity index (χ0v) is 13.1. The molecule has 0 spiro atoms. The van der Waals surface area contributed by atoms with Crippen molar-refractivity contribution in [3.8, 4) is 0 Å². The SMILES string of the molecule is CC1(C)NC(N)=NC(N)N1OCC(=O)Nc1ccc(Cl)cc1. The van der Waals surface area contributed by atoms with Crippen molar-refractivity contribution in [2.45, 2.75) is 25.8 Å². The van der Waals surface area contributed by atoms with Crippen LogP contribution in [0.25, 0.3) is 0 Å². The van der Waals surface area contributed by atoms with Crippen LogP contribution in [0, 0.1) is 0 Å². The van der Waals surface area contributed by atoms with Crippen LogP contribution in [0.15, 0.2) is 29.3 Å². The summed E-state index contributed by atoms with van der Waals surface area (Å²) in [5.41, 5.74) is 11.4. The van der Waals surface area contributed by atoms with E-state index in [9.17, 15) is 4.79 Å². The van der Waals surface area contributed by atoms with Crippen molar-refractivity contribution in [1.29, 1.82) is 0 Å². The Morgan fingerprint density at radius 3 is 2.73 bits per heavy atom. The summed E-state index contributed by atoms with van der Waals surface area (Å²) in [6.07, 6.45) is -0.792. The van der Waals surface area contributed by atoms with Gasteiger partial charge in [0, 0.05) is 10.7 Å². The molecule has 0 radical (unpaired) electrons. The molecular weight excluding hydrogens is 308 g/mol. The summed E-state index contributed by atoms with van der Waals surface area (Å²) in [6.45, 7) is 3.41. The molecule has 6 N–H and O–H groups in total. The van der Waals surface area contributed by atoms with Crippen molar-refractivity contribution in [1.82, 2.24) is 10.4 Å². The summed E-state index contributed by atoms with van der Waals surface area (Å²) >= 11 is 5.78. The van der Waals surface area contributed by atoms with Gasteiger partial charge in [-0.25, -0.2) is 4.99 Å². The van der Waals surface area contributed by atoms with Crippen LogP contribution in [0.5, 0.6) is 0 Å². The quantitative estimate of drug-likeness (QED) is 0.636. The number of nitrogens with two attached hydrogens (primary N) is 2. The molecule has 1 amide bonds.